The Kier molecular flexibility index (Phi) is 6.20. The number of nitrogens with one attached hydrogen (secondary N) is 2. The zero-order valence-corrected chi connectivity index (χ0v) is 12.9. The largest absolute Gasteiger partial charge is 0.480 e. The van der Waals surface area contributed by atoms with Gasteiger partial charge in [-0.25, -0.2) is 0 Å². The molecule has 1 unspecified atom stereocenters. The summed E-state index contributed by atoms with van der Waals surface area (Å²) >= 11 is 5.53. The van der Waals surface area contributed by atoms with E-state index in [1.54, 1.807) is 0 Å². The minimum absolute atomic E-state index is 0.134. The summed E-state index contributed by atoms with van der Waals surface area (Å²) in [5.74, 6) is -2.37. The maximum atomic E-state index is 12.9. The van der Waals surface area contributed by atoms with Gasteiger partial charge in [-0.2, -0.15) is 18.4 Å². The third kappa shape index (κ3) is 5.17. The molecule has 1 aromatic rings. The number of benzene rings is 1. The lowest BCUT2D eigenvalue weighted by molar-refractivity contribution is -0.140. The normalized spacial score (nSPS) is 12.9. The van der Waals surface area contributed by atoms with Crippen molar-refractivity contribution in [3.05, 3.63) is 40.6 Å². The highest BCUT2D eigenvalue weighted by Crippen LogP contribution is 2.36. The lowest BCUT2D eigenvalue weighted by Crippen LogP contribution is -2.39. The summed E-state index contributed by atoms with van der Waals surface area (Å²) < 4.78 is 38.8. The Bertz CT molecular complexity index is 726. The van der Waals surface area contributed by atoms with Crippen LogP contribution < -0.4 is 10.6 Å². The Balaban J connectivity index is 3.04. The van der Waals surface area contributed by atoms with Crippen LogP contribution in [-0.2, 0) is 15.8 Å². The van der Waals surface area contributed by atoms with Gasteiger partial charge in [0.1, 0.15) is 17.7 Å². The molecule has 24 heavy (non-hydrogen) atoms. The first-order chi connectivity index (χ1) is 11.1. The summed E-state index contributed by atoms with van der Waals surface area (Å²) in [5.41, 5.74) is -2.09. The van der Waals surface area contributed by atoms with E-state index in [1.165, 1.54) is 19.1 Å². The molecule has 0 aliphatic carbocycles. The minimum Gasteiger partial charge on any atom is -0.480 e. The maximum absolute atomic E-state index is 12.9. The van der Waals surface area contributed by atoms with Crippen LogP contribution >= 0.6 is 11.6 Å². The van der Waals surface area contributed by atoms with Crippen LogP contribution in [0.4, 0.5) is 18.9 Å². The summed E-state index contributed by atoms with van der Waals surface area (Å²) in [6.45, 7) is 1.17. The molecular formula is C14H11ClF3N3O3. The van der Waals surface area contributed by atoms with Crippen molar-refractivity contribution >= 4 is 29.2 Å². The van der Waals surface area contributed by atoms with Crippen molar-refractivity contribution in [2.24, 2.45) is 0 Å². The average Bonchev–Trinajstić information content (AvgIpc) is 2.47. The van der Waals surface area contributed by atoms with E-state index in [4.69, 9.17) is 22.0 Å². The lowest BCUT2D eigenvalue weighted by atomic mass is 10.1. The average molecular weight is 362 g/mol. The van der Waals surface area contributed by atoms with Crippen molar-refractivity contribution in [3.63, 3.8) is 0 Å². The second-order valence-corrected chi connectivity index (χ2v) is 4.97. The van der Waals surface area contributed by atoms with Gasteiger partial charge in [-0.05, 0) is 25.1 Å². The molecule has 0 bridgehead atoms. The second-order valence-electron chi connectivity index (χ2n) is 4.54. The van der Waals surface area contributed by atoms with Crippen LogP contribution in [-0.4, -0.2) is 23.0 Å². The van der Waals surface area contributed by atoms with Crippen LogP contribution in [0.15, 0.2) is 30.0 Å². The predicted molar refractivity (Wildman–Crippen MR) is 79.0 cm³/mol. The Morgan fingerprint density at radius 2 is 2.04 bits per heavy atom. The molecule has 0 aliphatic heterocycles. The number of hydrogen-bond acceptors (Lipinski definition) is 4. The van der Waals surface area contributed by atoms with Gasteiger partial charge in [0.15, 0.2) is 0 Å². The van der Waals surface area contributed by atoms with Crippen LogP contribution in [0, 0.1) is 11.3 Å². The standard InChI is InChI=1S/C14H11ClF3N3O3/c1-7(13(23)24)21-12(22)8(5-19)6-20-11-3-2-9(15)4-10(11)14(16,17)18/h2-4,6-7,20H,1H3,(H,21,22)(H,23,24)/b8-6-. The highest BCUT2D eigenvalue weighted by atomic mass is 35.5. The van der Waals surface area contributed by atoms with Gasteiger partial charge in [0.2, 0.25) is 0 Å². The number of amides is 1. The third-order valence-electron chi connectivity index (χ3n) is 2.74. The number of nitriles is 1. The van der Waals surface area contributed by atoms with E-state index in [0.717, 1.165) is 12.3 Å². The second kappa shape index (κ2) is 7.70. The van der Waals surface area contributed by atoms with Crippen LogP contribution in [0.1, 0.15) is 12.5 Å². The minimum atomic E-state index is -4.70. The van der Waals surface area contributed by atoms with Crippen molar-refractivity contribution in [3.8, 4) is 6.07 Å². The number of carbonyl (C=O) groups is 2. The summed E-state index contributed by atoms with van der Waals surface area (Å²) in [7, 11) is 0. The molecule has 0 saturated heterocycles. The number of nitrogens with zero attached hydrogens (tertiary/aromatic N) is 1. The first kappa shape index (κ1) is 19.3. The van der Waals surface area contributed by atoms with Gasteiger partial charge >= 0.3 is 12.1 Å². The highest BCUT2D eigenvalue weighted by molar-refractivity contribution is 6.30. The van der Waals surface area contributed by atoms with E-state index < -0.39 is 40.9 Å². The molecule has 128 valence electrons. The quantitative estimate of drug-likeness (QED) is 0.553. The summed E-state index contributed by atoms with van der Waals surface area (Å²) in [5, 5.41) is 21.6. The molecule has 0 fully saturated rings. The first-order valence-electron chi connectivity index (χ1n) is 6.33. The summed E-state index contributed by atoms with van der Waals surface area (Å²) in [4.78, 5) is 22.3. The molecule has 1 atom stereocenters. The van der Waals surface area contributed by atoms with Gasteiger partial charge in [-0.3, -0.25) is 9.59 Å². The first-order valence-corrected chi connectivity index (χ1v) is 6.71. The smallest absolute Gasteiger partial charge is 0.418 e. The number of alkyl halides is 3. The number of aliphatic carboxylic acids is 1. The molecule has 1 amide bonds. The number of carboxylic acids is 1. The Hall–Kier alpha value is -2.73. The molecule has 1 rings (SSSR count). The van der Waals surface area contributed by atoms with E-state index in [0.29, 0.717) is 6.07 Å². The lowest BCUT2D eigenvalue weighted by Gasteiger charge is -2.13. The summed E-state index contributed by atoms with van der Waals surface area (Å²) in [6, 6.07) is 3.13. The molecule has 0 saturated carbocycles. The number of halogens is 4. The van der Waals surface area contributed by atoms with Gasteiger partial charge in [0, 0.05) is 11.2 Å². The van der Waals surface area contributed by atoms with Crippen LogP contribution in [0.3, 0.4) is 0 Å². The van der Waals surface area contributed by atoms with Gasteiger partial charge < -0.3 is 15.7 Å². The molecule has 6 nitrogen and oxygen atoms in total. The Labute approximate surface area is 139 Å². The number of rotatable bonds is 5. The molecule has 3 N–H and O–H groups in total. The van der Waals surface area contributed by atoms with E-state index in [2.05, 4.69) is 5.32 Å². The Morgan fingerprint density at radius 1 is 1.42 bits per heavy atom. The highest BCUT2D eigenvalue weighted by Gasteiger charge is 2.33. The van der Waals surface area contributed by atoms with E-state index >= 15 is 0 Å². The van der Waals surface area contributed by atoms with Crippen LogP contribution in [0.5, 0.6) is 0 Å². The zero-order valence-electron chi connectivity index (χ0n) is 12.1. The third-order valence-corrected chi connectivity index (χ3v) is 2.98. The van der Waals surface area contributed by atoms with Crippen molar-refractivity contribution < 1.29 is 27.9 Å². The number of carboxylic acid groups (broad SMARTS) is 1. The molecule has 10 heteroatoms. The summed E-state index contributed by atoms with van der Waals surface area (Å²) in [6.07, 6.45) is -3.95. The number of carbonyl (C=O) groups excluding carboxylic acids is 1. The van der Waals surface area contributed by atoms with Crippen molar-refractivity contribution in [1.82, 2.24) is 5.32 Å². The predicted octanol–water partition coefficient (Wildman–Crippen LogP) is 2.77. The molecule has 1 aromatic carbocycles. The van der Waals surface area contributed by atoms with Crippen LogP contribution in [0.2, 0.25) is 5.02 Å². The number of hydrogen-bond donors (Lipinski definition) is 3. The van der Waals surface area contributed by atoms with Crippen molar-refractivity contribution in [1.29, 1.82) is 5.26 Å². The van der Waals surface area contributed by atoms with Gasteiger partial charge in [-0.1, -0.05) is 11.6 Å². The fourth-order valence-corrected chi connectivity index (χ4v) is 1.68. The molecular weight excluding hydrogens is 351 g/mol. The van der Waals surface area contributed by atoms with Gasteiger partial charge in [0.05, 0.1) is 11.3 Å². The van der Waals surface area contributed by atoms with E-state index in [9.17, 15) is 22.8 Å². The van der Waals surface area contributed by atoms with Crippen molar-refractivity contribution in [2.75, 3.05) is 5.32 Å². The fourth-order valence-electron chi connectivity index (χ4n) is 1.51. The molecule has 0 aliphatic rings. The van der Waals surface area contributed by atoms with Crippen molar-refractivity contribution in [2.45, 2.75) is 19.1 Å². The number of anilines is 1. The molecule has 0 aromatic heterocycles. The molecule has 0 heterocycles. The fraction of sp³-hybridized carbons (Fsp3) is 0.214. The molecule has 0 radical (unpaired) electrons. The monoisotopic (exact) mass is 361 g/mol. The SMILES string of the molecule is CC(NC(=O)/C(C#N)=C\Nc1ccc(Cl)cc1C(F)(F)F)C(=O)O. The Morgan fingerprint density at radius 3 is 2.54 bits per heavy atom. The molecule has 0 spiro atoms. The van der Waals surface area contributed by atoms with Gasteiger partial charge in [-0.15, -0.1) is 0 Å². The van der Waals surface area contributed by atoms with Gasteiger partial charge in [0.25, 0.3) is 5.91 Å². The van der Waals surface area contributed by atoms with E-state index in [1.807, 2.05) is 5.32 Å². The van der Waals surface area contributed by atoms with E-state index in [-0.39, 0.29) is 5.02 Å². The maximum Gasteiger partial charge on any atom is 0.418 e. The van der Waals surface area contributed by atoms with Crippen LogP contribution in [0.25, 0.3) is 0 Å². The topological polar surface area (TPSA) is 102 Å². The zero-order chi connectivity index (χ0) is 18.5.